The summed E-state index contributed by atoms with van der Waals surface area (Å²) in [5.74, 6) is 1.19. The molecule has 0 aliphatic carbocycles. The van der Waals surface area contributed by atoms with Crippen LogP contribution >= 0.6 is 0 Å². The van der Waals surface area contributed by atoms with E-state index in [4.69, 9.17) is 9.97 Å². The lowest BCUT2D eigenvalue weighted by molar-refractivity contribution is 0.773. The fraction of sp³-hybridized carbons (Fsp3) is 0.185. The number of hydrogen-bond donors (Lipinski definition) is 0. The molecule has 0 unspecified atom stereocenters. The maximum Gasteiger partial charge on any atom is 0.110 e. The van der Waals surface area contributed by atoms with Crippen molar-refractivity contribution in [2.45, 2.75) is 32.5 Å². The van der Waals surface area contributed by atoms with Crippen molar-refractivity contribution in [3.63, 3.8) is 0 Å². The predicted octanol–water partition coefficient (Wildman–Crippen LogP) is 5.74. The predicted molar refractivity (Wildman–Crippen MR) is 126 cm³/mol. The molecular formula is C27H24N4. The second-order valence-electron chi connectivity index (χ2n) is 8.28. The molecule has 4 heteroatoms. The third kappa shape index (κ3) is 3.25. The maximum absolute atomic E-state index is 4.91. The molecule has 3 heterocycles. The summed E-state index contributed by atoms with van der Waals surface area (Å²) in [5, 5.41) is 1.20. The lowest BCUT2D eigenvalue weighted by Gasteiger charge is -2.26. The fourth-order valence-electron chi connectivity index (χ4n) is 4.79. The van der Waals surface area contributed by atoms with Gasteiger partial charge in [-0.3, -0.25) is 4.98 Å². The van der Waals surface area contributed by atoms with Gasteiger partial charge in [0.15, 0.2) is 0 Å². The first-order valence-electron chi connectivity index (χ1n) is 11.0. The summed E-state index contributed by atoms with van der Waals surface area (Å²) in [5.41, 5.74) is 7.05. The number of rotatable bonds is 5. The Labute approximate surface area is 181 Å². The number of anilines is 1. The first kappa shape index (κ1) is 18.1. The van der Waals surface area contributed by atoms with Crippen molar-refractivity contribution in [2.24, 2.45) is 0 Å². The van der Waals surface area contributed by atoms with Crippen molar-refractivity contribution in [2.75, 3.05) is 4.90 Å². The van der Waals surface area contributed by atoms with Crippen LogP contribution < -0.4 is 4.90 Å². The summed E-state index contributed by atoms with van der Waals surface area (Å²) in [6.07, 6.45) is 4.19. The van der Waals surface area contributed by atoms with Crippen molar-refractivity contribution < 1.29 is 0 Å². The number of benzene rings is 3. The third-order valence-corrected chi connectivity index (χ3v) is 6.21. The van der Waals surface area contributed by atoms with Crippen LogP contribution in [0.1, 0.15) is 23.4 Å². The zero-order chi connectivity index (χ0) is 20.6. The summed E-state index contributed by atoms with van der Waals surface area (Å²) in [4.78, 5) is 12.2. The third-order valence-electron chi connectivity index (χ3n) is 6.21. The average molecular weight is 405 g/mol. The number of aromatic nitrogens is 3. The highest BCUT2D eigenvalue weighted by Crippen LogP contribution is 2.34. The van der Waals surface area contributed by atoms with Gasteiger partial charge in [0.2, 0.25) is 0 Å². The number of imidazole rings is 1. The molecule has 4 nitrogen and oxygen atoms in total. The van der Waals surface area contributed by atoms with Crippen LogP contribution in [-0.2, 0) is 26.1 Å². The molecule has 0 saturated carbocycles. The molecule has 152 valence electrons. The summed E-state index contributed by atoms with van der Waals surface area (Å²) >= 11 is 0. The first-order chi connectivity index (χ1) is 15.4. The SMILES string of the molecule is c1ccc(CN(Cc2ccccc2)c2cccc3c2ncc2nc4n(c23)CCC4)cc1. The Kier molecular flexibility index (Phi) is 4.42. The van der Waals surface area contributed by atoms with Crippen molar-refractivity contribution in [3.8, 4) is 0 Å². The minimum Gasteiger partial charge on any atom is -0.361 e. The number of fused-ring (bicyclic) bond motifs is 5. The highest BCUT2D eigenvalue weighted by atomic mass is 15.1. The maximum atomic E-state index is 4.91. The standard InChI is InChI=1S/C27H24N4/c1-3-9-20(10-4-1)18-30(19-21-11-5-2-6-12-21)24-14-7-13-22-26(24)28-17-23-27(22)31-16-8-15-25(31)29-23/h1-7,9-14,17H,8,15-16,18-19H2. The van der Waals surface area contributed by atoms with Crippen molar-refractivity contribution >= 4 is 27.6 Å². The Morgan fingerprint density at radius 2 is 1.52 bits per heavy atom. The Morgan fingerprint density at radius 3 is 2.23 bits per heavy atom. The normalized spacial score (nSPS) is 13.0. The molecule has 1 aliphatic rings. The number of nitrogens with zero attached hydrogens (tertiary/aromatic N) is 4. The number of aryl methyl sites for hydroxylation is 2. The Balaban J connectivity index is 1.51. The molecule has 2 aromatic heterocycles. The van der Waals surface area contributed by atoms with E-state index in [1.165, 1.54) is 40.0 Å². The number of para-hydroxylation sites is 1. The van der Waals surface area contributed by atoms with E-state index in [0.29, 0.717) is 0 Å². The molecule has 0 amide bonds. The van der Waals surface area contributed by atoms with Crippen LogP contribution in [0.5, 0.6) is 0 Å². The summed E-state index contributed by atoms with van der Waals surface area (Å²) in [7, 11) is 0. The van der Waals surface area contributed by atoms with Crippen LogP contribution in [-0.4, -0.2) is 14.5 Å². The van der Waals surface area contributed by atoms with Gasteiger partial charge >= 0.3 is 0 Å². The van der Waals surface area contributed by atoms with Gasteiger partial charge in [-0.1, -0.05) is 72.8 Å². The van der Waals surface area contributed by atoms with Crippen LogP contribution in [0.25, 0.3) is 21.9 Å². The highest BCUT2D eigenvalue weighted by molar-refractivity contribution is 6.06. The van der Waals surface area contributed by atoms with Gasteiger partial charge in [0.05, 0.1) is 22.9 Å². The lowest BCUT2D eigenvalue weighted by atomic mass is 10.1. The fourth-order valence-corrected chi connectivity index (χ4v) is 4.79. The lowest BCUT2D eigenvalue weighted by Crippen LogP contribution is -2.22. The minimum atomic E-state index is 0.832. The van der Waals surface area contributed by atoms with Crippen LogP contribution in [0.2, 0.25) is 0 Å². The Bertz CT molecular complexity index is 1310. The number of pyridine rings is 1. The van der Waals surface area contributed by atoms with Crippen molar-refractivity contribution in [3.05, 3.63) is 102 Å². The monoisotopic (exact) mass is 404 g/mol. The van der Waals surface area contributed by atoms with Gasteiger partial charge in [0.1, 0.15) is 11.3 Å². The second-order valence-corrected chi connectivity index (χ2v) is 8.28. The summed E-state index contributed by atoms with van der Waals surface area (Å²) in [6, 6.07) is 27.9. The van der Waals surface area contributed by atoms with E-state index in [-0.39, 0.29) is 0 Å². The molecule has 0 fully saturated rings. The Morgan fingerprint density at radius 1 is 0.806 bits per heavy atom. The Hall–Kier alpha value is -3.66. The molecule has 5 aromatic rings. The molecule has 31 heavy (non-hydrogen) atoms. The van der Waals surface area contributed by atoms with E-state index >= 15 is 0 Å². The van der Waals surface area contributed by atoms with Crippen molar-refractivity contribution in [1.82, 2.24) is 14.5 Å². The molecule has 1 aliphatic heterocycles. The quantitative estimate of drug-likeness (QED) is 0.375. The molecule has 0 radical (unpaired) electrons. The van der Waals surface area contributed by atoms with Gasteiger partial charge in [-0.2, -0.15) is 0 Å². The molecule has 0 bridgehead atoms. The second kappa shape index (κ2) is 7.55. The minimum absolute atomic E-state index is 0.832. The van der Waals surface area contributed by atoms with E-state index in [1.807, 2.05) is 6.20 Å². The molecule has 3 aromatic carbocycles. The topological polar surface area (TPSA) is 34.0 Å². The summed E-state index contributed by atoms with van der Waals surface area (Å²) < 4.78 is 2.39. The zero-order valence-electron chi connectivity index (χ0n) is 17.4. The molecule has 0 spiro atoms. The average Bonchev–Trinajstić information content (AvgIpc) is 3.41. The van der Waals surface area contributed by atoms with Gasteiger partial charge in [-0.05, 0) is 23.6 Å². The van der Waals surface area contributed by atoms with Gasteiger partial charge in [0.25, 0.3) is 0 Å². The molecule has 0 atom stereocenters. The molecule has 0 N–H and O–H groups in total. The van der Waals surface area contributed by atoms with Gasteiger partial charge in [0, 0.05) is 31.4 Å². The van der Waals surface area contributed by atoms with Gasteiger partial charge in [-0.25, -0.2) is 4.98 Å². The van der Waals surface area contributed by atoms with Crippen molar-refractivity contribution in [1.29, 1.82) is 0 Å². The van der Waals surface area contributed by atoms with Gasteiger partial charge < -0.3 is 9.47 Å². The largest absolute Gasteiger partial charge is 0.361 e. The van der Waals surface area contributed by atoms with Crippen LogP contribution in [0.4, 0.5) is 5.69 Å². The molecular weight excluding hydrogens is 380 g/mol. The smallest absolute Gasteiger partial charge is 0.110 e. The summed E-state index contributed by atoms with van der Waals surface area (Å²) in [6.45, 7) is 2.71. The van der Waals surface area contributed by atoms with E-state index in [2.05, 4.69) is 88.3 Å². The first-order valence-corrected chi connectivity index (χ1v) is 11.0. The number of hydrogen-bond acceptors (Lipinski definition) is 3. The van der Waals surface area contributed by atoms with Crippen LogP contribution in [0.15, 0.2) is 85.1 Å². The highest BCUT2D eigenvalue weighted by Gasteiger charge is 2.20. The van der Waals surface area contributed by atoms with E-state index < -0.39 is 0 Å². The molecule has 6 rings (SSSR count). The zero-order valence-corrected chi connectivity index (χ0v) is 17.4. The van der Waals surface area contributed by atoms with Crippen LogP contribution in [0.3, 0.4) is 0 Å². The molecule has 0 saturated heterocycles. The van der Waals surface area contributed by atoms with E-state index in [9.17, 15) is 0 Å². The van der Waals surface area contributed by atoms with E-state index in [1.54, 1.807) is 0 Å². The van der Waals surface area contributed by atoms with Gasteiger partial charge in [-0.15, -0.1) is 0 Å². The van der Waals surface area contributed by atoms with E-state index in [0.717, 1.165) is 37.1 Å². The van der Waals surface area contributed by atoms with Crippen LogP contribution in [0, 0.1) is 0 Å².